The van der Waals surface area contributed by atoms with Gasteiger partial charge in [0.15, 0.2) is 0 Å². The summed E-state index contributed by atoms with van der Waals surface area (Å²) in [6.45, 7) is 5.18. The average Bonchev–Trinajstić information content (AvgIpc) is 2.39. The zero-order valence-corrected chi connectivity index (χ0v) is 11.0. The quantitative estimate of drug-likeness (QED) is 0.904. The van der Waals surface area contributed by atoms with Gasteiger partial charge in [0.05, 0.1) is 5.56 Å². The molecule has 1 heterocycles. The standard InChI is InChI=1S/C14H19F3N2/c1-2-19-8-6-12(7-9-19)18-13-5-3-4-11(10-13)14(15,16)17/h3-5,10,12,18H,2,6-9H2,1H3. The molecule has 0 aliphatic carbocycles. The lowest BCUT2D eigenvalue weighted by atomic mass is 10.0. The van der Waals surface area contributed by atoms with Crippen LogP contribution in [-0.2, 0) is 6.18 Å². The van der Waals surface area contributed by atoms with Gasteiger partial charge >= 0.3 is 6.18 Å². The van der Waals surface area contributed by atoms with Crippen LogP contribution in [0.25, 0.3) is 0 Å². The maximum atomic E-state index is 12.6. The smallest absolute Gasteiger partial charge is 0.382 e. The van der Waals surface area contributed by atoms with Crippen molar-refractivity contribution >= 4 is 5.69 Å². The lowest BCUT2D eigenvalue weighted by Crippen LogP contribution is -2.38. The summed E-state index contributed by atoms with van der Waals surface area (Å²) in [4.78, 5) is 2.35. The second kappa shape index (κ2) is 5.82. The fourth-order valence-corrected chi connectivity index (χ4v) is 2.41. The molecule has 1 aromatic rings. The molecule has 1 saturated heterocycles. The molecule has 106 valence electrons. The van der Waals surface area contributed by atoms with Crippen LogP contribution in [0.15, 0.2) is 24.3 Å². The van der Waals surface area contributed by atoms with Crippen molar-refractivity contribution in [2.45, 2.75) is 32.0 Å². The third kappa shape index (κ3) is 3.86. The van der Waals surface area contributed by atoms with E-state index in [0.29, 0.717) is 5.69 Å². The molecule has 1 fully saturated rings. The summed E-state index contributed by atoms with van der Waals surface area (Å²) >= 11 is 0. The monoisotopic (exact) mass is 272 g/mol. The SMILES string of the molecule is CCN1CCC(Nc2cccc(C(F)(F)F)c2)CC1. The van der Waals surface area contributed by atoms with Gasteiger partial charge in [-0.15, -0.1) is 0 Å². The average molecular weight is 272 g/mol. The maximum Gasteiger partial charge on any atom is 0.416 e. The minimum atomic E-state index is -4.27. The van der Waals surface area contributed by atoms with Crippen LogP contribution in [0.5, 0.6) is 0 Å². The van der Waals surface area contributed by atoms with E-state index in [0.717, 1.165) is 38.5 Å². The molecule has 0 spiro atoms. The van der Waals surface area contributed by atoms with Gasteiger partial charge in [-0.2, -0.15) is 13.2 Å². The zero-order chi connectivity index (χ0) is 13.9. The Bertz CT molecular complexity index is 409. The molecule has 1 N–H and O–H groups in total. The predicted molar refractivity (Wildman–Crippen MR) is 70.2 cm³/mol. The first-order valence-corrected chi connectivity index (χ1v) is 6.65. The molecule has 2 rings (SSSR count). The summed E-state index contributed by atoms with van der Waals surface area (Å²) in [5, 5.41) is 3.21. The van der Waals surface area contributed by atoms with Crippen molar-refractivity contribution in [1.82, 2.24) is 4.90 Å². The number of alkyl halides is 3. The third-order valence-corrected chi connectivity index (χ3v) is 3.60. The van der Waals surface area contributed by atoms with Crippen LogP contribution in [0.2, 0.25) is 0 Å². The summed E-state index contributed by atoms with van der Waals surface area (Å²) < 4.78 is 37.8. The third-order valence-electron chi connectivity index (χ3n) is 3.60. The van der Waals surface area contributed by atoms with Gasteiger partial charge in [0.2, 0.25) is 0 Å². The van der Waals surface area contributed by atoms with Crippen LogP contribution in [0.4, 0.5) is 18.9 Å². The highest BCUT2D eigenvalue weighted by Crippen LogP contribution is 2.31. The summed E-state index contributed by atoms with van der Waals surface area (Å²) in [5.74, 6) is 0. The topological polar surface area (TPSA) is 15.3 Å². The first-order valence-electron chi connectivity index (χ1n) is 6.65. The van der Waals surface area contributed by atoms with E-state index in [1.165, 1.54) is 12.1 Å². The van der Waals surface area contributed by atoms with E-state index in [4.69, 9.17) is 0 Å². The first kappa shape index (κ1) is 14.2. The van der Waals surface area contributed by atoms with Gasteiger partial charge in [-0.25, -0.2) is 0 Å². The number of hydrogen-bond donors (Lipinski definition) is 1. The Balaban J connectivity index is 1.97. The number of rotatable bonds is 3. The lowest BCUT2D eigenvalue weighted by Gasteiger charge is -2.32. The van der Waals surface area contributed by atoms with Crippen LogP contribution in [-0.4, -0.2) is 30.6 Å². The molecule has 0 bridgehead atoms. The van der Waals surface area contributed by atoms with Crippen molar-refractivity contribution in [3.05, 3.63) is 29.8 Å². The Hall–Kier alpha value is -1.23. The number of hydrogen-bond acceptors (Lipinski definition) is 2. The molecular weight excluding hydrogens is 253 g/mol. The van der Waals surface area contributed by atoms with Gasteiger partial charge in [-0.05, 0) is 37.6 Å². The van der Waals surface area contributed by atoms with Crippen molar-refractivity contribution < 1.29 is 13.2 Å². The Morgan fingerprint density at radius 2 is 1.95 bits per heavy atom. The molecule has 0 aromatic heterocycles. The van der Waals surface area contributed by atoms with Crippen LogP contribution in [0.3, 0.4) is 0 Å². The van der Waals surface area contributed by atoms with E-state index in [9.17, 15) is 13.2 Å². The number of benzene rings is 1. The summed E-state index contributed by atoms with van der Waals surface area (Å²) in [7, 11) is 0. The molecular formula is C14H19F3N2. The van der Waals surface area contributed by atoms with E-state index in [-0.39, 0.29) is 6.04 Å². The van der Waals surface area contributed by atoms with E-state index in [1.807, 2.05) is 0 Å². The number of piperidine rings is 1. The maximum absolute atomic E-state index is 12.6. The van der Waals surface area contributed by atoms with Gasteiger partial charge in [0.1, 0.15) is 0 Å². The van der Waals surface area contributed by atoms with Crippen molar-refractivity contribution in [3.63, 3.8) is 0 Å². The summed E-state index contributed by atoms with van der Waals surface area (Å²) in [5.41, 5.74) is -0.0340. The summed E-state index contributed by atoms with van der Waals surface area (Å²) in [6.07, 6.45) is -2.32. The minimum absolute atomic E-state index is 0.270. The van der Waals surface area contributed by atoms with Crippen LogP contribution < -0.4 is 5.32 Å². The highest BCUT2D eigenvalue weighted by Gasteiger charge is 2.30. The van der Waals surface area contributed by atoms with Gasteiger partial charge in [0.25, 0.3) is 0 Å². The fraction of sp³-hybridized carbons (Fsp3) is 0.571. The molecule has 0 radical (unpaired) electrons. The molecule has 5 heteroatoms. The summed E-state index contributed by atoms with van der Waals surface area (Å²) in [6, 6.07) is 5.71. The molecule has 1 aliphatic heterocycles. The number of anilines is 1. The second-order valence-electron chi connectivity index (χ2n) is 4.93. The van der Waals surface area contributed by atoms with E-state index < -0.39 is 11.7 Å². The molecule has 0 amide bonds. The molecule has 19 heavy (non-hydrogen) atoms. The number of nitrogens with one attached hydrogen (secondary N) is 1. The van der Waals surface area contributed by atoms with Crippen molar-refractivity contribution in [1.29, 1.82) is 0 Å². The fourth-order valence-electron chi connectivity index (χ4n) is 2.41. The Morgan fingerprint density at radius 1 is 1.26 bits per heavy atom. The van der Waals surface area contributed by atoms with E-state index in [2.05, 4.69) is 17.1 Å². The Labute approximate surface area is 111 Å². The first-order chi connectivity index (χ1) is 8.99. The molecule has 2 nitrogen and oxygen atoms in total. The van der Waals surface area contributed by atoms with E-state index in [1.54, 1.807) is 6.07 Å². The number of likely N-dealkylation sites (tertiary alicyclic amines) is 1. The van der Waals surface area contributed by atoms with Crippen molar-refractivity contribution in [3.8, 4) is 0 Å². The van der Waals surface area contributed by atoms with E-state index >= 15 is 0 Å². The zero-order valence-electron chi connectivity index (χ0n) is 11.0. The normalized spacial score (nSPS) is 18.5. The molecule has 1 aliphatic rings. The Morgan fingerprint density at radius 3 is 2.53 bits per heavy atom. The highest BCUT2D eigenvalue weighted by molar-refractivity contribution is 5.47. The number of nitrogens with zero attached hydrogens (tertiary/aromatic N) is 1. The van der Waals surface area contributed by atoms with Crippen LogP contribution in [0.1, 0.15) is 25.3 Å². The van der Waals surface area contributed by atoms with Gasteiger partial charge in [-0.1, -0.05) is 13.0 Å². The molecule has 0 unspecified atom stereocenters. The van der Waals surface area contributed by atoms with Crippen LogP contribution in [0, 0.1) is 0 Å². The van der Waals surface area contributed by atoms with Gasteiger partial charge in [0, 0.05) is 24.8 Å². The Kier molecular flexibility index (Phi) is 4.34. The van der Waals surface area contributed by atoms with Crippen LogP contribution >= 0.6 is 0 Å². The van der Waals surface area contributed by atoms with Gasteiger partial charge < -0.3 is 10.2 Å². The van der Waals surface area contributed by atoms with Crippen molar-refractivity contribution in [2.24, 2.45) is 0 Å². The molecule has 0 saturated carbocycles. The lowest BCUT2D eigenvalue weighted by molar-refractivity contribution is -0.137. The minimum Gasteiger partial charge on any atom is -0.382 e. The largest absolute Gasteiger partial charge is 0.416 e. The predicted octanol–water partition coefficient (Wildman–Crippen LogP) is 3.60. The molecule has 1 aromatic carbocycles. The van der Waals surface area contributed by atoms with Gasteiger partial charge in [-0.3, -0.25) is 0 Å². The second-order valence-corrected chi connectivity index (χ2v) is 4.93. The highest BCUT2D eigenvalue weighted by atomic mass is 19.4. The van der Waals surface area contributed by atoms with Crippen molar-refractivity contribution in [2.75, 3.05) is 25.0 Å². The molecule has 0 atom stereocenters. The number of halogens is 3.